The van der Waals surface area contributed by atoms with E-state index in [1.54, 1.807) is 35.2 Å². The van der Waals surface area contributed by atoms with E-state index in [0.29, 0.717) is 24.2 Å². The molecule has 7 heteroatoms. The monoisotopic (exact) mass is 378 g/mol. The minimum atomic E-state index is -3.81. The van der Waals surface area contributed by atoms with Crippen LogP contribution in [0.25, 0.3) is 0 Å². The Hall–Kier alpha value is -2.25. The molecule has 0 radical (unpaired) electrons. The quantitative estimate of drug-likeness (QED) is 0.768. The molecule has 0 saturated carbocycles. The predicted molar refractivity (Wildman–Crippen MR) is 99.3 cm³/mol. The number of nitrogens with one attached hydrogen (secondary N) is 1. The first-order chi connectivity index (χ1) is 12.4. The Balaban J connectivity index is 2.27. The van der Waals surface area contributed by atoms with Crippen molar-refractivity contribution in [1.29, 1.82) is 0 Å². The molecule has 0 spiro atoms. The summed E-state index contributed by atoms with van der Waals surface area (Å²) in [6.45, 7) is 4.66. The number of likely N-dealkylation sites (N-methyl/N-ethyl adjacent to an activating group) is 1. The maximum absolute atomic E-state index is 13.0. The third-order valence-electron chi connectivity index (χ3n) is 4.02. The molecule has 0 unspecified atom stereocenters. The van der Waals surface area contributed by atoms with Crippen LogP contribution >= 0.6 is 0 Å². The maximum Gasteiger partial charge on any atom is 0.245 e. The van der Waals surface area contributed by atoms with Gasteiger partial charge < -0.3 is 4.90 Å². The smallest absolute Gasteiger partial charge is 0.245 e. The number of amides is 1. The van der Waals surface area contributed by atoms with Gasteiger partial charge in [0.05, 0.1) is 5.75 Å². The van der Waals surface area contributed by atoms with Gasteiger partial charge in [-0.2, -0.15) is 4.72 Å². The molecule has 0 aliphatic heterocycles. The lowest BCUT2D eigenvalue weighted by Gasteiger charge is -2.26. The number of sulfonamides is 1. The fourth-order valence-electron chi connectivity index (χ4n) is 2.65. The Kier molecular flexibility index (Phi) is 6.88. The average molecular weight is 378 g/mol. The van der Waals surface area contributed by atoms with Gasteiger partial charge in [0, 0.05) is 13.1 Å². The lowest BCUT2D eigenvalue weighted by molar-refractivity contribution is -0.132. The summed E-state index contributed by atoms with van der Waals surface area (Å²) >= 11 is 0. The molecule has 0 bridgehead atoms. The lowest BCUT2D eigenvalue weighted by atomic mass is 10.1. The summed E-state index contributed by atoms with van der Waals surface area (Å²) in [5.41, 5.74) is 1.02. The van der Waals surface area contributed by atoms with Crippen LogP contribution in [0.3, 0.4) is 0 Å². The summed E-state index contributed by atoms with van der Waals surface area (Å²) in [5, 5.41) is 0. The number of carbonyl (C=O) groups is 1. The number of nitrogens with zero attached hydrogens (tertiary/aromatic N) is 1. The zero-order valence-electron chi connectivity index (χ0n) is 14.9. The summed E-state index contributed by atoms with van der Waals surface area (Å²) in [6, 6.07) is 13.0. The molecule has 1 atom stereocenters. The van der Waals surface area contributed by atoms with Crippen LogP contribution in [0.4, 0.5) is 4.39 Å². The minimum Gasteiger partial charge on any atom is -0.342 e. The van der Waals surface area contributed by atoms with Crippen LogP contribution in [0.2, 0.25) is 0 Å². The Labute approximate surface area is 153 Å². The molecule has 5 nitrogen and oxygen atoms in total. The summed E-state index contributed by atoms with van der Waals surface area (Å²) < 4.78 is 40.7. The van der Waals surface area contributed by atoms with Crippen molar-refractivity contribution in [2.75, 3.05) is 13.1 Å². The molecule has 0 heterocycles. The number of benzene rings is 2. The van der Waals surface area contributed by atoms with Gasteiger partial charge in [0.2, 0.25) is 15.9 Å². The molecule has 0 fully saturated rings. The first-order valence-electron chi connectivity index (χ1n) is 8.44. The first-order valence-corrected chi connectivity index (χ1v) is 10.1. The molecule has 1 N–H and O–H groups in total. The van der Waals surface area contributed by atoms with Crippen molar-refractivity contribution < 1.29 is 17.6 Å². The minimum absolute atomic E-state index is 0.302. The Morgan fingerprint density at radius 3 is 2.15 bits per heavy atom. The van der Waals surface area contributed by atoms with Crippen molar-refractivity contribution in [2.45, 2.75) is 25.6 Å². The van der Waals surface area contributed by atoms with Crippen LogP contribution in [-0.4, -0.2) is 32.3 Å². The van der Waals surface area contributed by atoms with E-state index in [-0.39, 0.29) is 11.7 Å². The van der Waals surface area contributed by atoms with Gasteiger partial charge in [-0.1, -0.05) is 42.5 Å². The first kappa shape index (κ1) is 20.1. The Bertz CT molecular complexity index is 820. The van der Waals surface area contributed by atoms with Crippen LogP contribution in [0, 0.1) is 5.82 Å². The van der Waals surface area contributed by atoms with E-state index in [4.69, 9.17) is 0 Å². The third-order valence-corrected chi connectivity index (χ3v) is 5.33. The molecule has 0 aliphatic rings. The summed E-state index contributed by atoms with van der Waals surface area (Å²) in [7, 11) is -3.81. The maximum atomic E-state index is 13.0. The van der Waals surface area contributed by atoms with Crippen LogP contribution < -0.4 is 4.72 Å². The van der Waals surface area contributed by atoms with Crippen LogP contribution in [-0.2, 0) is 20.6 Å². The summed E-state index contributed by atoms with van der Waals surface area (Å²) in [6.07, 6.45) is 0. The van der Waals surface area contributed by atoms with Gasteiger partial charge in [-0.05, 0) is 37.1 Å². The van der Waals surface area contributed by atoms with Crippen molar-refractivity contribution in [3.05, 3.63) is 71.5 Å². The standard InChI is InChI=1S/C19H23FN2O3S/c1-3-22(4-2)19(23)18(16-8-6-5-7-9-16)21-26(24,25)14-15-10-12-17(20)13-11-15/h5-13,18,21H,3-4,14H2,1-2H3/t18-/m0/s1. The molecule has 0 saturated heterocycles. The fourth-order valence-corrected chi connectivity index (χ4v) is 3.96. The Morgan fingerprint density at radius 1 is 1.04 bits per heavy atom. The number of rotatable bonds is 8. The lowest BCUT2D eigenvalue weighted by Crippen LogP contribution is -2.43. The van der Waals surface area contributed by atoms with E-state index in [1.165, 1.54) is 24.3 Å². The highest BCUT2D eigenvalue weighted by atomic mass is 32.2. The molecule has 140 valence electrons. The van der Waals surface area contributed by atoms with Gasteiger partial charge in [0.25, 0.3) is 0 Å². The molecule has 2 aromatic carbocycles. The topological polar surface area (TPSA) is 66.5 Å². The van der Waals surface area contributed by atoms with E-state index >= 15 is 0 Å². The largest absolute Gasteiger partial charge is 0.342 e. The number of halogens is 1. The van der Waals surface area contributed by atoms with Crippen molar-refractivity contribution >= 4 is 15.9 Å². The van der Waals surface area contributed by atoms with Gasteiger partial charge >= 0.3 is 0 Å². The highest BCUT2D eigenvalue weighted by molar-refractivity contribution is 7.88. The number of carbonyl (C=O) groups excluding carboxylic acids is 1. The normalized spacial score (nSPS) is 12.6. The van der Waals surface area contributed by atoms with Crippen molar-refractivity contribution in [3.8, 4) is 0 Å². The molecule has 26 heavy (non-hydrogen) atoms. The highest BCUT2D eigenvalue weighted by Crippen LogP contribution is 2.18. The van der Waals surface area contributed by atoms with Gasteiger partial charge in [-0.25, -0.2) is 12.8 Å². The summed E-state index contributed by atoms with van der Waals surface area (Å²) in [5.74, 6) is -1.07. The zero-order chi connectivity index (χ0) is 19.2. The van der Waals surface area contributed by atoms with Crippen molar-refractivity contribution in [2.24, 2.45) is 0 Å². The highest BCUT2D eigenvalue weighted by Gasteiger charge is 2.28. The fraction of sp³-hybridized carbons (Fsp3) is 0.316. The van der Waals surface area contributed by atoms with Gasteiger partial charge in [0.15, 0.2) is 0 Å². The van der Waals surface area contributed by atoms with Crippen molar-refractivity contribution in [1.82, 2.24) is 9.62 Å². The second kappa shape index (κ2) is 8.91. The molecule has 1 amide bonds. The van der Waals surface area contributed by atoms with E-state index < -0.39 is 21.9 Å². The molecular weight excluding hydrogens is 355 g/mol. The second-order valence-corrected chi connectivity index (χ2v) is 7.61. The van der Waals surface area contributed by atoms with Crippen LogP contribution in [0.1, 0.15) is 31.0 Å². The van der Waals surface area contributed by atoms with Gasteiger partial charge in [-0.15, -0.1) is 0 Å². The SMILES string of the molecule is CCN(CC)C(=O)[C@@H](NS(=O)(=O)Cc1ccc(F)cc1)c1ccccc1. The number of hydrogen-bond acceptors (Lipinski definition) is 3. The molecule has 0 aromatic heterocycles. The predicted octanol–water partition coefficient (Wildman–Crippen LogP) is 2.85. The van der Waals surface area contributed by atoms with E-state index in [2.05, 4.69) is 4.72 Å². The van der Waals surface area contributed by atoms with Gasteiger partial charge in [-0.3, -0.25) is 4.79 Å². The summed E-state index contributed by atoms with van der Waals surface area (Å²) in [4.78, 5) is 14.4. The van der Waals surface area contributed by atoms with Crippen LogP contribution in [0.15, 0.2) is 54.6 Å². The van der Waals surface area contributed by atoms with Gasteiger partial charge in [0.1, 0.15) is 11.9 Å². The van der Waals surface area contributed by atoms with E-state index in [9.17, 15) is 17.6 Å². The van der Waals surface area contributed by atoms with Crippen LogP contribution in [0.5, 0.6) is 0 Å². The van der Waals surface area contributed by atoms with E-state index in [0.717, 1.165) is 0 Å². The van der Waals surface area contributed by atoms with E-state index in [1.807, 2.05) is 13.8 Å². The molecular formula is C19H23FN2O3S. The van der Waals surface area contributed by atoms with Crippen molar-refractivity contribution in [3.63, 3.8) is 0 Å². The molecule has 2 rings (SSSR count). The average Bonchev–Trinajstić information content (AvgIpc) is 2.63. The Morgan fingerprint density at radius 2 is 1.62 bits per heavy atom. The zero-order valence-corrected chi connectivity index (χ0v) is 15.7. The third kappa shape index (κ3) is 5.37. The second-order valence-electron chi connectivity index (χ2n) is 5.86. The molecule has 0 aliphatic carbocycles. The number of hydrogen-bond donors (Lipinski definition) is 1. The molecule has 2 aromatic rings.